The molecule has 0 bridgehead atoms. The predicted octanol–water partition coefficient (Wildman–Crippen LogP) is 2.82. The van der Waals surface area contributed by atoms with Gasteiger partial charge in [-0.05, 0) is 37.3 Å². The van der Waals surface area contributed by atoms with Gasteiger partial charge in [-0.15, -0.1) is 0 Å². The van der Waals surface area contributed by atoms with E-state index >= 15 is 0 Å². The highest BCUT2D eigenvalue weighted by Gasteiger charge is 2.24. The molecule has 1 aliphatic heterocycles. The number of nitrogens with two attached hydrogens (primary N) is 1. The van der Waals surface area contributed by atoms with Gasteiger partial charge >= 0.3 is 0 Å². The number of methoxy groups -OCH3 is 1. The maximum Gasteiger partial charge on any atom is 0.292 e. The number of nitrogen functional groups attached to an aromatic ring is 1. The van der Waals surface area contributed by atoms with Crippen LogP contribution < -0.4 is 10.6 Å². The molecule has 116 valence electrons. The van der Waals surface area contributed by atoms with Crippen molar-refractivity contribution in [3.8, 4) is 0 Å². The van der Waals surface area contributed by atoms with Crippen molar-refractivity contribution in [2.75, 3.05) is 37.4 Å². The minimum Gasteiger partial charge on any atom is -0.399 e. The second-order valence-corrected chi connectivity index (χ2v) is 5.59. The fraction of sp³-hybridized carbons (Fsp3) is 0.600. The van der Waals surface area contributed by atoms with Crippen molar-refractivity contribution in [2.24, 2.45) is 5.92 Å². The highest BCUT2D eigenvalue weighted by atomic mass is 16.6. The minimum atomic E-state index is -0.330. The van der Waals surface area contributed by atoms with Crippen molar-refractivity contribution in [2.45, 2.75) is 25.7 Å². The Balaban J connectivity index is 2.22. The number of nitro groups is 1. The molecule has 6 heteroatoms. The van der Waals surface area contributed by atoms with Crippen LogP contribution in [-0.2, 0) is 4.74 Å². The van der Waals surface area contributed by atoms with Crippen LogP contribution in [0.1, 0.15) is 25.7 Å². The number of hydrogen-bond donors (Lipinski definition) is 1. The zero-order valence-corrected chi connectivity index (χ0v) is 12.5. The lowest BCUT2D eigenvalue weighted by Gasteiger charge is -2.26. The monoisotopic (exact) mass is 293 g/mol. The Morgan fingerprint density at radius 2 is 2.29 bits per heavy atom. The minimum absolute atomic E-state index is 0.136. The number of anilines is 2. The van der Waals surface area contributed by atoms with Crippen LogP contribution in [0.4, 0.5) is 17.1 Å². The zero-order valence-electron chi connectivity index (χ0n) is 12.5. The Morgan fingerprint density at radius 1 is 1.48 bits per heavy atom. The summed E-state index contributed by atoms with van der Waals surface area (Å²) < 4.78 is 5.16. The molecule has 1 aromatic rings. The largest absolute Gasteiger partial charge is 0.399 e. The Kier molecular flexibility index (Phi) is 5.38. The van der Waals surface area contributed by atoms with Crippen molar-refractivity contribution < 1.29 is 9.66 Å². The van der Waals surface area contributed by atoms with Gasteiger partial charge in [-0.2, -0.15) is 0 Å². The van der Waals surface area contributed by atoms with Gasteiger partial charge in [0, 0.05) is 38.6 Å². The second-order valence-electron chi connectivity index (χ2n) is 5.59. The maximum absolute atomic E-state index is 11.2. The first kappa shape index (κ1) is 15.6. The van der Waals surface area contributed by atoms with Crippen molar-refractivity contribution in [3.63, 3.8) is 0 Å². The molecule has 1 atom stereocenters. The first-order valence-corrected chi connectivity index (χ1v) is 7.39. The van der Waals surface area contributed by atoms with Gasteiger partial charge in [0.05, 0.1) is 4.92 Å². The molecule has 0 radical (unpaired) electrons. The molecule has 21 heavy (non-hydrogen) atoms. The van der Waals surface area contributed by atoms with E-state index < -0.39 is 0 Å². The van der Waals surface area contributed by atoms with Gasteiger partial charge in [0.15, 0.2) is 0 Å². The van der Waals surface area contributed by atoms with Crippen LogP contribution >= 0.6 is 0 Å². The molecule has 0 saturated carbocycles. The van der Waals surface area contributed by atoms with Gasteiger partial charge in [-0.25, -0.2) is 0 Å². The highest BCUT2D eigenvalue weighted by molar-refractivity contribution is 5.68. The summed E-state index contributed by atoms with van der Waals surface area (Å²) in [4.78, 5) is 13.0. The topological polar surface area (TPSA) is 81.6 Å². The van der Waals surface area contributed by atoms with Crippen molar-refractivity contribution in [3.05, 3.63) is 28.3 Å². The van der Waals surface area contributed by atoms with Gasteiger partial charge < -0.3 is 15.4 Å². The molecule has 0 unspecified atom stereocenters. The van der Waals surface area contributed by atoms with E-state index in [0.29, 0.717) is 17.3 Å². The van der Waals surface area contributed by atoms with Crippen molar-refractivity contribution >= 4 is 17.1 Å². The molecule has 6 nitrogen and oxygen atoms in total. The molecule has 1 fully saturated rings. The number of hydrogen-bond acceptors (Lipinski definition) is 5. The third-order valence-corrected chi connectivity index (χ3v) is 4.04. The quantitative estimate of drug-likeness (QED) is 0.513. The van der Waals surface area contributed by atoms with E-state index in [2.05, 4.69) is 4.90 Å². The molecule has 0 aliphatic carbocycles. The molecular formula is C15H23N3O3. The fourth-order valence-corrected chi connectivity index (χ4v) is 2.92. The summed E-state index contributed by atoms with van der Waals surface area (Å²) >= 11 is 0. The second kappa shape index (κ2) is 7.26. The molecule has 0 amide bonds. The summed E-state index contributed by atoms with van der Waals surface area (Å²) in [6, 6.07) is 4.80. The maximum atomic E-state index is 11.2. The summed E-state index contributed by atoms with van der Waals surface area (Å²) in [6.07, 6.45) is 4.34. The first-order valence-electron chi connectivity index (χ1n) is 7.39. The first-order chi connectivity index (χ1) is 10.1. The Bertz CT molecular complexity index is 493. The lowest BCUT2D eigenvalue weighted by molar-refractivity contribution is -0.384. The molecule has 1 aromatic carbocycles. The molecule has 1 saturated heterocycles. The van der Waals surface area contributed by atoms with Crippen LogP contribution in [0.5, 0.6) is 0 Å². The molecule has 2 N–H and O–H groups in total. The standard InChI is InChI=1S/C15H23N3O3/c1-21-9-7-12-4-2-3-8-17(11-12)15-10-13(16)5-6-14(15)18(19)20/h5-6,10,12H,2-4,7-9,11,16H2,1H3/t12-/m1/s1. The molecule has 1 heterocycles. The molecule has 0 aromatic heterocycles. The van der Waals surface area contributed by atoms with E-state index in [4.69, 9.17) is 10.5 Å². The van der Waals surface area contributed by atoms with Crippen LogP contribution in [0.15, 0.2) is 18.2 Å². The average Bonchev–Trinajstić information content (AvgIpc) is 2.70. The van der Waals surface area contributed by atoms with Crippen LogP contribution in [0, 0.1) is 16.0 Å². The van der Waals surface area contributed by atoms with Gasteiger partial charge in [0.1, 0.15) is 5.69 Å². The Hall–Kier alpha value is -1.82. The van der Waals surface area contributed by atoms with E-state index in [-0.39, 0.29) is 10.6 Å². The third-order valence-electron chi connectivity index (χ3n) is 4.04. The number of nitro benzene ring substituents is 1. The van der Waals surface area contributed by atoms with Crippen molar-refractivity contribution in [1.82, 2.24) is 0 Å². The van der Waals surface area contributed by atoms with E-state index in [0.717, 1.165) is 45.4 Å². The van der Waals surface area contributed by atoms with Crippen LogP contribution in [0.2, 0.25) is 0 Å². The molecule has 1 aliphatic rings. The Morgan fingerprint density at radius 3 is 3.00 bits per heavy atom. The van der Waals surface area contributed by atoms with Crippen LogP contribution in [0.25, 0.3) is 0 Å². The summed E-state index contributed by atoms with van der Waals surface area (Å²) in [6.45, 7) is 2.40. The Labute approximate surface area is 125 Å². The lowest BCUT2D eigenvalue weighted by Crippen LogP contribution is -2.29. The SMILES string of the molecule is COCC[C@H]1CCCCN(c2cc(N)ccc2[N+](=O)[O-])C1. The summed E-state index contributed by atoms with van der Waals surface area (Å²) in [5.74, 6) is 0.508. The van der Waals surface area contributed by atoms with Gasteiger partial charge in [0.2, 0.25) is 0 Å². The van der Waals surface area contributed by atoms with E-state index in [1.54, 1.807) is 19.2 Å². The van der Waals surface area contributed by atoms with E-state index in [1.165, 1.54) is 6.07 Å². The van der Waals surface area contributed by atoms with Gasteiger partial charge in [-0.3, -0.25) is 10.1 Å². The van der Waals surface area contributed by atoms with Gasteiger partial charge in [-0.1, -0.05) is 6.42 Å². The van der Waals surface area contributed by atoms with Crippen LogP contribution in [-0.4, -0.2) is 31.7 Å². The predicted molar refractivity (Wildman–Crippen MR) is 83.6 cm³/mol. The number of rotatable bonds is 5. The third kappa shape index (κ3) is 4.07. The van der Waals surface area contributed by atoms with Crippen LogP contribution in [0.3, 0.4) is 0 Å². The van der Waals surface area contributed by atoms with Gasteiger partial charge in [0.25, 0.3) is 5.69 Å². The smallest absolute Gasteiger partial charge is 0.292 e. The normalized spacial score (nSPS) is 19.3. The highest BCUT2D eigenvalue weighted by Crippen LogP contribution is 2.33. The fourth-order valence-electron chi connectivity index (χ4n) is 2.92. The number of nitrogens with zero attached hydrogens (tertiary/aromatic N) is 2. The van der Waals surface area contributed by atoms with Crippen molar-refractivity contribution in [1.29, 1.82) is 0 Å². The lowest BCUT2D eigenvalue weighted by atomic mass is 10.00. The number of ether oxygens (including phenoxy) is 1. The molecule has 2 rings (SSSR count). The summed E-state index contributed by atoms with van der Waals surface area (Å²) in [5, 5.41) is 11.2. The molecular weight excluding hydrogens is 270 g/mol. The zero-order chi connectivity index (χ0) is 15.2. The number of benzene rings is 1. The summed E-state index contributed by atoms with van der Waals surface area (Å²) in [7, 11) is 1.71. The molecule has 0 spiro atoms. The average molecular weight is 293 g/mol. The summed E-state index contributed by atoms with van der Waals surface area (Å²) in [5.41, 5.74) is 7.16. The van der Waals surface area contributed by atoms with E-state index in [9.17, 15) is 10.1 Å². The van der Waals surface area contributed by atoms with E-state index in [1.807, 2.05) is 0 Å².